The van der Waals surface area contributed by atoms with Crippen molar-refractivity contribution in [2.45, 2.75) is 137 Å². The molecular weight excluding hydrogens is 432 g/mol. The Kier molecular flexibility index (Phi) is 7.59. The number of Topliss-reactive ketones (excluding diaryl/α,β-unsaturated/α-hetero) is 1. The lowest BCUT2D eigenvalue weighted by Crippen LogP contribution is -2.54. The predicted molar refractivity (Wildman–Crippen MR) is 142 cm³/mol. The second-order valence-electron chi connectivity index (χ2n) is 13.9. The molecule has 9 atom stereocenters. The van der Waals surface area contributed by atoms with Crippen LogP contribution in [0.25, 0.3) is 0 Å². The van der Waals surface area contributed by atoms with Gasteiger partial charge in [0.1, 0.15) is 5.78 Å². The number of fused-ring (bicyclic) bond motifs is 5. The number of hydrogen-bond donors (Lipinski definition) is 0. The maximum absolute atomic E-state index is 13.4. The van der Waals surface area contributed by atoms with Gasteiger partial charge in [-0.05, 0) is 139 Å². The Morgan fingerprint density at radius 3 is 2.37 bits per heavy atom. The summed E-state index contributed by atoms with van der Waals surface area (Å²) in [5.74, 6) is 4.14. The molecule has 5 aliphatic rings. The second-order valence-corrected chi connectivity index (χ2v) is 13.9. The Bertz CT molecular complexity index is 806. The summed E-state index contributed by atoms with van der Waals surface area (Å²) in [6, 6.07) is 0. The smallest absolute Gasteiger partial charge is 0.157 e. The van der Waals surface area contributed by atoms with Gasteiger partial charge in [-0.25, -0.2) is 0 Å². The molecule has 5 fully saturated rings. The molecule has 1 aliphatic heterocycles. The molecule has 35 heavy (non-hydrogen) atoms. The predicted octanol–water partition coefficient (Wildman–Crippen LogP) is 8.26. The zero-order chi connectivity index (χ0) is 24.8. The fourth-order valence-corrected chi connectivity index (χ4v) is 9.64. The Hall–Kier alpha value is -0.670. The van der Waals surface area contributed by atoms with Gasteiger partial charge in [0.25, 0.3) is 0 Å². The van der Waals surface area contributed by atoms with Gasteiger partial charge in [0.2, 0.25) is 0 Å². The van der Waals surface area contributed by atoms with E-state index in [-0.39, 0.29) is 11.7 Å². The fraction of sp³-hybridized carbons (Fsp3) is 0.906. The van der Waals surface area contributed by atoms with Gasteiger partial charge in [0, 0.05) is 18.9 Å². The molecule has 0 aromatic rings. The molecule has 0 bridgehead atoms. The molecule has 0 N–H and O–H groups in total. The third-order valence-corrected chi connectivity index (χ3v) is 12.1. The van der Waals surface area contributed by atoms with Crippen molar-refractivity contribution in [1.29, 1.82) is 0 Å². The van der Waals surface area contributed by atoms with Gasteiger partial charge in [0.05, 0.1) is 6.10 Å². The van der Waals surface area contributed by atoms with E-state index in [0.717, 1.165) is 56.0 Å². The van der Waals surface area contributed by atoms with Crippen LogP contribution < -0.4 is 0 Å². The zero-order valence-corrected chi connectivity index (χ0v) is 23.4. The van der Waals surface area contributed by atoms with Crippen LogP contribution in [0.3, 0.4) is 0 Å². The summed E-state index contributed by atoms with van der Waals surface area (Å²) in [6.07, 6.45) is 17.3. The molecule has 4 saturated carbocycles. The lowest BCUT2D eigenvalue weighted by atomic mass is 9.44. The highest BCUT2D eigenvalue weighted by Crippen LogP contribution is 2.67. The van der Waals surface area contributed by atoms with Gasteiger partial charge in [-0.2, -0.15) is 0 Å². The molecule has 0 radical (unpaired) electrons. The van der Waals surface area contributed by atoms with E-state index in [1.165, 1.54) is 75.4 Å². The molecule has 0 aromatic carbocycles. The van der Waals surface area contributed by atoms with Crippen molar-refractivity contribution in [2.24, 2.45) is 40.4 Å². The first-order valence-electron chi connectivity index (χ1n) is 15.1. The number of rotatable bonds is 6. The third kappa shape index (κ3) is 4.83. The summed E-state index contributed by atoms with van der Waals surface area (Å²) in [4.78, 5) is 13.4. The van der Waals surface area contributed by atoms with E-state index in [1.54, 1.807) is 0 Å². The highest BCUT2D eigenvalue weighted by molar-refractivity contribution is 5.82. The molecule has 0 amide bonds. The topological polar surface area (TPSA) is 35.5 Å². The fourth-order valence-electron chi connectivity index (χ4n) is 9.64. The number of carbonyl (C=O) groups is 1. The maximum Gasteiger partial charge on any atom is 0.157 e. The first-order chi connectivity index (χ1) is 16.7. The summed E-state index contributed by atoms with van der Waals surface area (Å²) in [5, 5.41) is 0. The monoisotopic (exact) mass is 484 g/mol. The summed E-state index contributed by atoms with van der Waals surface area (Å²) < 4.78 is 12.4. The van der Waals surface area contributed by atoms with Gasteiger partial charge in [-0.15, -0.1) is 0 Å². The molecule has 4 aliphatic carbocycles. The van der Waals surface area contributed by atoms with Crippen LogP contribution in [0.5, 0.6) is 0 Å². The Labute approximate surface area is 215 Å². The molecule has 1 heterocycles. The SMILES string of the molecule is CC(C)=C(C)CCC(=O)[C@H]1CC[C@H]2[C@@H]3CC[C@H]4C[C@@H](OC5CCCCO5)CC[C@]4(C)[C@H]3CC[C@]12C. The molecule has 3 heteroatoms. The van der Waals surface area contributed by atoms with Gasteiger partial charge in [0.15, 0.2) is 6.29 Å². The molecule has 0 aromatic heterocycles. The normalized spacial score (nSPS) is 45.2. The van der Waals surface area contributed by atoms with Crippen LogP contribution in [0.15, 0.2) is 11.1 Å². The average Bonchev–Trinajstić information content (AvgIpc) is 3.20. The third-order valence-electron chi connectivity index (χ3n) is 12.1. The van der Waals surface area contributed by atoms with Crippen LogP contribution in [0.4, 0.5) is 0 Å². The first-order valence-corrected chi connectivity index (χ1v) is 15.1. The Balaban J connectivity index is 1.23. The quantitative estimate of drug-likeness (QED) is 0.281. The van der Waals surface area contributed by atoms with Crippen LogP contribution >= 0.6 is 0 Å². The van der Waals surface area contributed by atoms with E-state index in [9.17, 15) is 4.79 Å². The van der Waals surface area contributed by atoms with E-state index < -0.39 is 0 Å². The largest absolute Gasteiger partial charge is 0.353 e. The minimum atomic E-state index is 0.0540. The molecule has 1 saturated heterocycles. The summed E-state index contributed by atoms with van der Waals surface area (Å²) in [7, 11) is 0. The Morgan fingerprint density at radius 2 is 1.63 bits per heavy atom. The van der Waals surface area contributed by atoms with Crippen LogP contribution in [-0.2, 0) is 14.3 Å². The van der Waals surface area contributed by atoms with Gasteiger partial charge >= 0.3 is 0 Å². The van der Waals surface area contributed by atoms with Crippen LogP contribution in [0, 0.1) is 40.4 Å². The summed E-state index contributed by atoms with van der Waals surface area (Å²) >= 11 is 0. The molecule has 198 valence electrons. The number of ketones is 1. The van der Waals surface area contributed by atoms with Crippen molar-refractivity contribution in [3.63, 3.8) is 0 Å². The molecule has 3 nitrogen and oxygen atoms in total. The van der Waals surface area contributed by atoms with Crippen LogP contribution in [0.2, 0.25) is 0 Å². The van der Waals surface area contributed by atoms with Gasteiger partial charge < -0.3 is 9.47 Å². The van der Waals surface area contributed by atoms with Crippen molar-refractivity contribution in [1.82, 2.24) is 0 Å². The van der Waals surface area contributed by atoms with Crippen LogP contribution in [0.1, 0.15) is 125 Å². The minimum absolute atomic E-state index is 0.0540. The Morgan fingerprint density at radius 1 is 0.857 bits per heavy atom. The number of allylic oxidation sites excluding steroid dienone is 2. The van der Waals surface area contributed by atoms with E-state index >= 15 is 0 Å². The summed E-state index contributed by atoms with van der Waals surface area (Å²) in [5.41, 5.74) is 3.51. The van der Waals surface area contributed by atoms with E-state index in [1.807, 2.05) is 0 Å². The number of hydrogen-bond acceptors (Lipinski definition) is 3. The van der Waals surface area contributed by atoms with Gasteiger partial charge in [-0.1, -0.05) is 25.0 Å². The van der Waals surface area contributed by atoms with E-state index in [4.69, 9.17) is 9.47 Å². The maximum atomic E-state index is 13.4. The van der Waals surface area contributed by atoms with Crippen molar-refractivity contribution >= 4 is 5.78 Å². The molecule has 5 rings (SSSR count). The second kappa shape index (κ2) is 10.2. The highest BCUT2D eigenvalue weighted by atomic mass is 16.7. The standard InChI is InChI=1S/C32H52O3/c1-21(2)22(3)9-14-29(33)28-13-12-26-25-11-10-23-20-24(35-30-8-6-7-19-34-30)15-17-31(23,4)27(25)16-18-32(26,28)5/h23-28,30H,6-20H2,1-5H3/t23-,24-,25-,26-,27-,28+,30?,31-,32-/m0/s1. The zero-order valence-electron chi connectivity index (χ0n) is 23.4. The highest BCUT2D eigenvalue weighted by Gasteiger charge is 2.61. The lowest BCUT2D eigenvalue weighted by Gasteiger charge is -2.61. The van der Waals surface area contributed by atoms with Crippen molar-refractivity contribution in [2.75, 3.05) is 6.61 Å². The van der Waals surface area contributed by atoms with Crippen molar-refractivity contribution < 1.29 is 14.3 Å². The number of carbonyl (C=O) groups excluding carboxylic acids is 1. The lowest BCUT2D eigenvalue weighted by molar-refractivity contribution is -0.212. The van der Waals surface area contributed by atoms with E-state index in [2.05, 4.69) is 34.6 Å². The average molecular weight is 485 g/mol. The molecule has 1 unspecified atom stereocenters. The molecular formula is C32H52O3. The van der Waals surface area contributed by atoms with Crippen molar-refractivity contribution in [3.05, 3.63) is 11.1 Å². The first kappa shape index (κ1) is 26.0. The van der Waals surface area contributed by atoms with Gasteiger partial charge in [-0.3, -0.25) is 4.79 Å². The minimum Gasteiger partial charge on any atom is -0.353 e. The summed E-state index contributed by atoms with van der Waals surface area (Å²) in [6.45, 7) is 12.6. The van der Waals surface area contributed by atoms with Crippen LogP contribution in [-0.4, -0.2) is 24.8 Å². The van der Waals surface area contributed by atoms with E-state index in [0.29, 0.717) is 23.2 Å². The van der Waals surface area contributed by atoms with Crippen molar-refractivity contribution in [3.8, 4) is 0 Å². The molecule has 0 spiro atoms. The number of ether oxygens (including phenoxy) is 2.